The highest BCUT2D eigenvalue weighted by atomic mass is 16.2. The third-order valence-corrected chi connectivity index (χ3v) is 10.4. The summed E-state index contributed by atoms with van der Waals surface area (Å²) in [6.07, 6.45) is 10.8. The van der Waals surface area contributed by atoms with Gasteiger partial charge in [-0.1, -0.05) is 146 Å². The molecule has 0 saturated heterocycles. The van der Waals surface area contributed by atoms with E-state index in [2.05, 4.69) is 0 Å². The molecule has 0 N–H and O–H groups in total. The number of ketones is 15. The minimum Gasteiger partial charge on any atom is -0.300 e. The molecule has 0 aromatic carbocycles. The van der Waals surface area contributed by atoms with Gasteiger partial charge in [-0.05, 0) is 128 Å². The Balaban J connectivity index is -0.0000000873. The molecule has 0 bridgehead atoms. The lowest BCUT2D eigenvalue weighted by atomic mass is 10.0. The van der Waals surface area contributed by atoms with Crippen molar-refractivity contribution < 1.29 is 71.9 Å². The lowest BCUT2D eigenvalue weighted by molar-refractivity contribution is -0.123. The average molecular weight is 1300 g/mol. The van der Waals surface area contributed by atoms with Crippen LogP contribution in [0, 0.1) is 59.2 Å². The monoisotopic (exact) mass is 1300 g/mol. The van der Waals surface area contributed by atoms with Crippen molar-refractivity contribution in [3.63, 3.8) is 0 Å². The summed E-state index contributed by atoms with van der Waals surface area (Å²) >= 11 is 0. The van der Waals surface area contributed by atoms with Gasteiger partial charge in [0.25, 0.3) is 0 Å². The molecule has 15 nitrogen and oxygen atoms in total. The number of carbonyl (C=O) groups is 15. The lowest BCUT2D eigenvalue weighted by Crippen LogP contribution is -2.04. The number of carbonyl (C=O) groups excluding carboxylic acids is 15. The molecule has 0 aliphatic heterocycles. The van der Waals surface area contributed by atoms with Gasteiger partial charge in [0.1, 0.15) is 86.7 Å². The van der Waals surface area contributed by atoms with Gasteiger partial charge in [0, 0.05) is 128 Å². The normalized spacial score (nSPS) is 9.89. The standard InChI is InChI=1S/5C9H16O2.5C6H12O.CH4/c5*1-7(2)6-9(11)5-4-8(3)10;5*1-5(2)4-6(3)7;/h5*7H,4-6H2,1-3H3;5*5H,4H2,1-3H3;1H4. The highest BCUT2D eigenvalue weighted by Crippen LogP contribution is 2.09. The maximum Gasteiger partial charge on any atom is 0.133 e. The van der Waals surface area contributed by atoms with Crippen LogP contribution < -0.4 is 0 Å². The molecule has 538 valence electrons. The molecule has 0 aliphatic rings. The van der Waals surface area contributed by atoms with E-state index < -0.39 is 0 Å². The van der Waals surface area contributed by atoms with E-state index in [9.17, 15) is 71.9 Å². The van der Waals surface area contributed by atoms with Crippen molar-refractivity contribution in [2.75, 3.05) is 0 Å². The summed E-state index contributed by atoms with van der Waals surface area (Å²) in [5.41, 5.74) is 0. The van der Waals surface area contributed by atoms with Crippen molar-refractivity contribution in [1.29, 1.82) is 0 Å². The van der Waals surface area contributed by atoms with Crippen LogP contribution in [0.5, 0.6) is 0 Å². The molecular formula is C76H144O15. The van der Waals surface area contributed by atoms with E-state index in [1.807, 2.05) is 138 Å². The summed E-state index contributed by atoms with van der Waals surface area (Å²) in [4.78, 5) is 159. The van der Waals surface area contributed by atoms with Gasteiger partial charge in [0.15, 0.2) is 0 Å². The first-order valence-electron chi connectivity index (χ1n) is 33.3. The summed E-state index contributed by atoms with van der Waals surface area (Å²) < 4.78 is 0. The van der Waals surface area contributed by atoms with Crippen LogP contribution in [-0.4, -0.2) is 86.7 Å². The smallest absolute Gasteiger partial charge is 0.133 e. The molecule has 0 saturated carbocycles. The van der Waals surface area contributed by atoms with Crippen LogP contribution in [0.2, 0.25) is 0 Å². The maximum atomic E-state index is 11.0. The Kier molecular flexibility index (Phi) is 90.0. The van der Waals surface area contributed by atoms with Crippen LogP contribution in [0.1, 0.15) is 344 Å². The van der Waals surface area contributed by atoms with E-state index in [4.69, 9.17) is 0 Å². The molecule has 0 aromatic heterocycles. The van der Waals surface area contributed by atoms with Crippen LogP contribution in [0.15, 0.2) is 0 Å². The van der Waals surface area contributed by atoms with E-state index in [1.165, 1.54) is 34.6 Å². The van der Waals surface area contributed by atoms with Crippen molar-refractivity contribution >= 4 is 86.7 Å². The van der Waals surface area contributed by atoms with Gasteiger partial charge >= 0.3 is 0 Å². The third-order valence-electron chi connectivity index (χ3n) is 10.4. The summed E-state index contributed by atoms with van der Waals surface area (Å²) in [6.45, 7) is 56.2. The Morgan fingerprint density at radius 3 is 0.286 bits per heavy atom. The molecule has 0 amide bonds. The fourth-order valence-corrected chi connectivity index (χ4v) is 7.24. The highest BCUT2D eigenvalue weighted by molar-refractivity contribution is 5.87. The summed E-state index contributed by atoms with van der Waals surface area (Å²) in [5.74, 6) is 7.64. The predicted octanol–water partition coefficient (Wildman–Crippen LogP) is 18.6. The fraction of sp³-hybridized carbons (Fsp3) is 0.803. The second-order valence-electron chi connectivity index (χ2n) is 28.2. The molecule has 15 heteroatoms. The molecule has 91 heavy (non-hydrogen) atoms. The Labute approximate surface area is 559 Å². The molecule has 0 aliphatic carbocycles. The Morgan fingerprint density at radius 1 is 0.154 bits per heavy atom. The van der Waals surface area contributed by atoms with E-state index in [0.717, 1.165) is 32.1 Å². The molecule has 0 aromatic rings. The van der Waals surface area contributed by atoms with Crippen LogP contribution >= 0.6 is 0 Å². The molecule has 0 radical (unpaired) electrons. The van der Waals surface area contributed by atoms with Crippen molar-refractivity contribution in [2.24, 2.45) is 59.2 Å². The van der Waals surface area contributed by atoms with E-state index >= 15 is 0 Å². The summed E-state index contributed by atoms with van der Waals surface area (Å²) in [5, 5.41) is 0. The number of hydrogen-bond acceptors (Lipinski definition) is 15. The second-order valence-corrected chi connectivity index (χ2v) is 28.2. The largest absolute Gasteiger partial charge is 0.300 e. The third kappa shape index (κ3) is 163. The first kappa shape index (κ1) is 111. The van der Waals surface area contributed by atoms with Crippen molar-refractivity contribution in [1.82, 2.24) is 0 Å². The van der Waals surface area contributed by atoms with Crippen LogP contribution in [0.3, 0.4) is 0 Å². The lowest BCUT2D eigenvalue weighted by Gasteiger charge is -2.01. The van der Waals surface area contributed by atoms with E-state index in [1.54, 1.807) is 34.6 Å². The van der Waals surface area contributed by atoms with Crippen molar-refractivity contribution in [3.05, 3.63) is 0 Å². The average Bonchev–Trinajstić information content (AvgIpc) is 3.29. The minimum atomic E-state index is 0. The van der Waals surface area contributed by atoms with Gasteiger partial charge in [-0.3, -0.25) is 24.0 Å². The Bertz CT molecular complexity index is 1650. The second kappa shape index (κ2) is 74.1. The number of rotatable bonds is 35. The Morgan fingerprint density at radius 2 is 0.242 bits per heavy atom. The topological polar surface area (TPSA) is 256 Å². The SMILES string of the molecule is C.CC(=O)CC(C)C.CC(=O)CC(C)C.CC(=O)CC(C)C.CC(=O)CC(C)C.CC(=O)CC(C)C.CC(=O)CCC(=O)CC(C)C.CC(=O)CCC(=O)CC(C)C.CC(=O)CCC(=O)CC(C)C.CC(=O)CCC(=O)CC(C)C.CC(=O)CCC(=O)CC(C)C. The number of hydrogen-bond donors (Lipinski definition) is 0. The van der Waals surface area contributed by atoms with Crippen molar-refractivity contribution in [2.45, 2.75) is 344 Å². The molecule has 0 unspecified atom stereocenters. The molecule has 0 fully saturated rings. The first-order valence-corrected chi connectivity index (χ1v) is 33.3. The zero-order chi connectivity index (χ0) is 73.6. The van der Waals surface area contributed by atoms with E-state index in [-0.39, 0.29) is 94.2 Å². The molecule has 0 heterocycles. The molecular weight excluding hydrogens is 1150 g/mol. The minimum absolute atomic E-state index is 0. The van der Waals surface area contributed by atoms with Gasteiger partial charge in [0.05, 0.1) is 0 Å². The zero-order valence-corrected chi connectivity index (χ0v) is 63.5. The number of Topliss-reactive ketones (excluding diaryl/α,β-unsaturated/α-hetero) is 15. The highest BCUT2D eigenvalue weighted by Gasteiger charge is 2.10. The van der Waals surface area contributed by atoms with E-state index in [0.29, 0.717) is 155 Å². The van der Waals surface area contributed by atoms with Gasteiger partial charge in [-0.15, -0.1) is 0 Å². The zero-order valence-electron chi connectivity index (χ0n) is 63.5. The van der Waals surface area contributed by atoms with Gasteiger partial charge in [-0.25, -0.2) is 0 Å². The molecule has 0 rings (SSSR count). The first-order chi connectivity index (χ1) is 40.7. The van der Waals surface area contributed by atoms with Crippen molar-refractivity contribution in [3.8, 4) is 0 Å². The predicted molar refractivity (Wildman–Crippen MR) is 379 cm³/mol. The maximum absolute atomic E-state index is 11.0. The quantitative estimate of drug-likeness (QED) is 0.0571. The van der Waals surface area contributed by atoms with Gasteiger partial charge in [-0.2, -0.15) is 0 Å². The van der Waals surface area contributed by atoms with Gasteiger partial charge < -0.3 is 47.9 Å². The molecule has 0 spiro atoms. The van der Waals surface area contributed by atoms with Crippen LogP contribution in [0.4, 0.5) is 0 Å². The summed E-state index contributed by atoms with van der Waals surface area (Å²) in [6, 6.07) is 0. The summed E-state index contributed by atoms with van der Waals surface area (Å²) in [7, 11) is 0. The van der Waals surface area contributed by atoms with Crippen LogP contribution in [0.25, 0.3) is 0 Å². The Hall–Kier alpha value is -4.95. The van der Waals surface area contributed by atoms with Gasteiger partial charge in [0.2, 0.25) is 0 Å². The fourth-order valence-electron chi connectivity index (χ4n) is 7.24. The molecule has 0 atom stereocenters. The van der Waals surface area contributed by atoms with Crippen LogP contribution in [-0.2, 0) is 71.9 Å².